The highest BCUT2D eigenvalue weighted by atomic mass is 79.9. The van der Waals surface area contributed by atoms with Gasteiger partial charge < -0.3 is 10.2 Å². The van der Waals surface area contributed by atoms with E-state index in [-0.39, 0.29) is 22.7 Å². The lowest BCUT2D eigenvalue weighted by atomic mass is 9.97. The maximum Gasteiger partial charge on any atom is 0.321 e. The van der Waals surface area contributed by atoms with Crippen LogP contribution in [0, 0.1) is 11.7 Å². The fourth-order valence-electron chi connectivity index (χ4n) is 3.00. The van der Waals surface area contributed by atoms with Gasteiger partial charge in [-0.15, -0.1) is 0 Å². The first kappa shape index (κ1) is 20.8. The van der Waals surface area contributed by atoms with Gasteiger partial charge in [0, 0.05) is 29.8 Å². The van der Waals surface area contributed by atoms with Gasteiger partial charge in [-0.2, -0.15) is 0 Å². The Labute approximate surface area is 172 Å². The molecule has 2 amide bonds. The average Bonchev–Trinajstić information content (AvgIpc) is 2.69. The Morgan fingerprint density at radius 2 is 1.68 bits per heavy atom. The zero-order chi connectivity index (χ0) is 20.1. The van der Waals surface area contributed by atoms with Crippen LogP contribution in [0.1, 0.15) is 12.8 Å². The number of urea groups is 1. The Hall–Kier alpha value is -1.97. The summed E-state index contributed by atoms with van der Waals surface area (Å²) in [6, 6.07) is 11.8. The summed E-state index contributed by atoms with van der Waals surface area (Å²) >= 11 is 3.29. The van der Waals surface area contributed by atoms with Crippen LogP contribution >= 0.6 is 15.9 Å². The van der Waals surface area contributed by atoms with E-state index in [9.17, 15) is 17.6 Å². The molecule has 0 atom stereocenters. The standard InChI is InChI=1S/C19H21BrFN3O3S/c20-15-1-7-18(8-2-15)28(26,27)22-13-14-9-11-24(12-10-14)19(25)23-17-5-3-16(21)4-6-17/h1-8,14,22H,9-13H2,(H,23,25). The lowest BCUT2D eigenvalue weighted by Crippen LogP contribution is -2.43. The molecule has 6 nitrogen and oxygen atoms in total. The van der Waals surface area contributed by atoms with Crippen molar-refractivity contribution in [1.82, 2.24) is 9.62 Å². The van der Waals surface area contributed by atoms with Crippen LogP contribution in [0.25, 0.3) is 0 Å². The Morgan fingerprint density at radius 3 is 2.29 bits per heavy atom. The molecular formula is C19H21BrFN3O3S. The molecule has 1 aliphatic heterocycles. The molecule has 2 aromatic carbocycles. The largest absolute Gasteiger partial charge is 0.325 e. The minimum Gasteiger partial charge on any atom is -0.325 e. The molecule has 1 saturated heterocycles. The minimum atomic E-state index is -3.54. The first-order valence-corrected chi connectivity index (χ1v) is 11.2. The van der Waals surface area contributed by atoms with E-state index in [1.165, 1.54) is 24.3 Å². The van der Waals surface area contributed by atoms with Gasteiger partial charge in [0.05, 0.1) is 4.90 Å². The van der Waals surface area contributed by atoms with Crippen molar-refractivity contribution in [3.05, 3.63) is 58.8 Å². The van der Waals surface area contributed by atoms with Crippen LogP contribution in [0.4, 0.5) is 14.9 Å². The highest BCUT2D eigenvalue weighted by Crippen LogP contribution is 2.20. The van der Waals surface area contributed by atoms with Gasteiger partial charge in [-0.3, -0.25) is 0 Å². The number of benzene rings is 2. The molecule has 0 bridgehead atoms. The number of piperidine rings is 1. The monoisotopic (exact) mass is 469 g/mol. The van der Waals surface area contributed by atoms with Crippen LogP contribution in [0.3, 0.4) is 0 Å². The van der Waals surface area contributed by atoms with Gasteiger partial charge in [-0.1, -0.05) is 15.9 Å². The molecule has 0 radical (unpaired) electrons. The van der Waals surface area contributed by atoms with E-state index in [2.05, 4.69) is 26.0 Å². The van der Waals surface area contributed by atoms with E-state index >= 15 is 0 Å². The molecule has 0 saturated carbocycles. The van der Waals surface area contributed by atoms with Gasteiger partial charge in [0.25, 0.3) is 0 Å². The number of nitrogens with zero attached hydrogens (tertiary/aromatic N) is 1. The third-order valence-corrected chi connectivity index (χ3v) is 6.65. The predicted octanol–water partition coefficient (Wildman–Crippen LogP) is 3.81. The second-order valence-corrected chi connectivity index (χ2v) is 9.36. The van der Waals surface area contributed by atoms with Crippen LogP contribution < -0.4 is 10.0 Å². The van der Waals surface area contributed by atoms with Crippen LogP contribution in [-0.2, 0) is 10.0 Å². The maximum absolute atomic E-state index is 12.9. The topological polar surface area (TPSA) is 78.5 Å². The number of sulfonamides is 1. The van der Waals surface area contributed by atoms with Crippen molar-refractivity contribution >= 4 is 37.7 Å². The summed E-state index contributed by atoms with van der Waals surface area (Å²) in [4.78, 5) is 14.2. The Balaban J connectivity index is 1.46. The number of carbonyl (C=O) groups excluding carboxylic acids is 1. The lowest BCUT2D eigenvalue weighted by molar-refractivity contribution is 0.183. The number of nitrogens with one attached hydrogen (secondary N) is 2. The number of amides is 2. The van der Waals surface area contributed by atoms with Crippen molar-refractivity contribution < 1.29 is 17.6 Å². The fraction of sp³-hybridized carbons (Fsp3) is 0.316. The SMILES string of the molecule is O=C(Nc1ccc(F)cc1)N1CCC(CNS(=O)(=O)c2ccc(Br)cc2)CC1. The smallest absolute Gasteiger partial charge is 0.321 e. The summed E-state index contributed by atoms with van der Waals surface area (Å²) < 4.78 is 41.1. The van der Waals surface area contributed by atoms with Gasteiger partial charge in [0.15, 0.2) is 0 Å². The lowest BCUT2D eigenvalue weighted by Gasteiger charge is -2.32. The van der Waals surface area contributed by atoms with Crippen LogP contribution in [0.15, 0.2) is 57.9 Å². The van der Waals surface area contributed by atoms with E-state index < -0.39 is 10.0 Å². The number of hydrogen-bond donors (Lipinski definition) is 2. The van der Waals surface area contributed by atoms with Gasteiger partial charge >= 0.3 is 6.03 Å². The first-order valence-electron chi connectivity index (χ1n) is 8.90. The fourth-order valence-corrected chi connectivity index (χ4v) is 4.38. The summed E-state index contributed by atoms with van der Waals surface area (Å²) in [5.74, 6) is -0.190. The molecule has 28 heavy (non-hydrogen) atoms. The summed E-state index contributed by atoms with van der Waals surface area (Å²) in [5, 5.41) is 2.74. The van der Waals surface area contributed by atoms with Gasteiger partial charge in [-0.05, 0) is 67.3 Å². The molecule has 1 aliphatic rings. The summed E-state index contributed by atoms with van der Waals surface area (Å²) in [5.41, 5.74) is 0.538. The van der Waals surface area contributed by atoms with Gasteiger partial charge in [0.1, 0.15) is 5.82 Å². The third-order valence-electron chi connectivity index (χ3n) is 4.68. The Morgan fingerprint density at radius 1 is 1.07 bits per heavy atom. The highest BCUT2D eigenvalue weighted by molar-refractivity contribution is 9.10. The molecule has 1 fully saturated rings. The molecule has 0 spiro atoms. The summed E-state index contributed by atoms with van der Waals surface area (Å²) in [6.45, 7) is 1.42. The Bertz CT molecular complexity index is 912. The summed E-state index contributed by atoms with van der Waals surface area (Å²) in [7, 11) is -3.54. The maximum atomic E-state index is 12.9. The van der Waals surface area contributed by atoms with Crippen molar-refractivity contribution in [2.45, 2.75) is 17.7 Å². The Kier molecular flexibility index (Phi) is 6.69. The van der Waals surface area contributed by atoms with Crippen molar-refractivity contribution in [2.75, 3.05) is 25.0 Å². The molecule has 0 unspecified atom stereocenters. The molecule has 9 heteroatoms. The van der Waals surface area contributed by atoms with E-state index in [0.717, 1.165) is 4.47 Å². The molecule has 2 N–H and O–H groups in total. The van der Waals surface area contributed by atoms with Crippen molar-refractivity contribution in [1.29, 1.82) is 0 Å². The number of halogens is 2. The van der Waals surface area contributed by atoms with E-state index in [1.54, 1.807) is 29.2 Å². The quantitative estimate of drug-likeness (QED) is 0.698. The highest BCUT2D eigenvalue weighted by Gasteiger charge is 2.24. The van der Waals surface area contributed by atoms with E-state index in [1.807, 2.05) is 0 Å². The van der Waals surface area contributed by atoms with Crippen molar-refractivity contribution in [3.63, 3.8) is 0 Å². The number of hydrogen-bond acceptors (Lipinski definition) is 3. The number of rotatable bonds is 5. The third kappa shape index (κ3) is 5.52. The summed E-state index contributed by atoms with van der Waals surface area (Å²) in [6.07, 6.45) is 1.42. The second-order valence-electron chi connectivity index (χ2n) is 6.67. The zero-order valence-electron chi connectivity index (χ0n) is 15.1. The normalized spacial score (nSPS) is 15.4. The van der Waals surface area contributed by atoms with Crippen LogP contribution in [-0.4, -0.2) is 39.0 Å². The minimum absolute atomic E-state index is 0.167. The molecule has 2 aromatic rings. The van der Waals surface area contributed by atoms with Crippen molar-refractivity contribution in [3.8, 4) is 0 Å². The van der Waals surface area contributed by atoms with Crippen molar-refractivity contribution in [2.24, 2.45) is 5.92 Å². The van der Waals surface area contributed by atoms with Gasteiger partial charge in [0.2, 0.25) is 10.0 Å². The predicted molar refractivity (Wildman–Crippen MR) is 109 cm³/mol. The molecule has 150 valence electrons. The number of likely N-dealkylation sites (tertiary alicyclic amines) is 1. The molecule has 1 heterocycles. The molecular weight excluding hydrogens is 449 g/mol. The van der Waals surface area contributed by atoms with Crippen LogP contribution in [0.2, 0.25) is 0 Å². The van der Waals surface area contributed by atoms with Gasteiger partial charge in [-0.25, -0.2) is 22.3 Å². The molecule has 0 aromatic heterocycles. The number of anilines is 1. The zero-order valence-corrected chi connectivity index (χ0v) is 17.5. The van der Waals surface area contributed by atoms with E-state index in [4.69, 9.17) is 0 Å². The molecule has 0 aliphatic carbocycles. The average molecular weight is 470 g/mol. The number of carbonyl (C=O) groups is 1. The van der Waals surface area contributed by atoms with Crippen LogP contribution in [0.5, 0.6) is 0 Å². The van der Waals surface area contributed by atoms with E-state index in [0.29, 0.717) is 38.2 Å². The molecule has 3 rings (SSSR count). The second kappa shape index (κ2) is 9.02. The first-order chi connectivity index (χ1) is 13.3.